The normalized spacial score (nSPS) is 14.0. The maximum atomic E-state index is 13.6. The van der Waals surface area contributed by atoms with Gasteiger partial charge in [-0.3, -0.25) is 9.10 Å². The zero-order valence-electron chi connectivity index (χ0n) is 20.5. The van der Waals surface area contributed by atoms with Crippen LogP contribution in [-0.2, 0) is 27.7 Å². The molecule has 36 heavy (non-hydrogen) atoms. The molecule has 3 aromatic rings. The highest BCUT2D eigenvalue weighted by atomic mass is 35.5. The van der Waals surface area contributed by atoms with Crippen LogP contribution in [0.2, 0.25) is 5.02 Å². The van der Waals surface area contributed by atoms with Gasteiger partial charge >= 0.3 is 0 Å². The molecule has 0 aromatic heterocycles. The molecule has 0 bridgehead atoms. The molecule has 1 aliphatic carbocycles. The fourth-order valence-electron chi connectivity index (χ4n) is 4.61. The van der Waals surface area contributed by atoms with Crippen molar-refractivity contribution in [1.29, 1.82) is 0 Å². The molecule has 0 aliphatic heterocycles. The van der Waals surface area contributed by atoms with E-state index < -0.39 is 15.9 Å². The lowest BCUT2D eigenvalue weighted by molar-refractivity contribution is -0.120. The molecule has 3 aromatic carbocycles. The van der Waals surface area contributed by atoms with E-state index in [4.69, 9.17) is 16.3 Å². The Morgan fingerprint density at radius 3 is 2.42 bits per heavy atom. The minimum Gasteiger partial charge on any atom is -0.495 e. The number of aryl methyl sites for hydroxylation is 2. The number of rotatable bonds is 9. The molecule has 190 valence electrons. The van der Waals surface area contributed by atoms with E-state index in [1.807, 2.05) is 6.92 Å². The fraction of sp³-hybridized carbons (Fsp3) is 0.321. The molecule has 6 nitrogen and oxygen atoms in total. The lowest BCUT2D eigenvalue weighted by atomic mass is 9.89. The van der Waals surface area contributed by atoms with E-state index in [1.54, 1.807) is 30.3 Å². The van der Waals surface area contributed by atoms with Crippen LogP contribution in [0, 0.1) is 0 Å². The van der Waals surface area contributed by atoms with Gasteiger partial charge in [0.25, 0.3) is 10.0 Å². The summed E-state index contributed by atoms with van der Waals surface area (Å²) in [6.07, 6.45) is 5.21. The van der Waals surface area contributed by atoms with Gasteiger partial charge < -0.3 is 10.1 Å². The highest BCUT2D eigenvalue weighted by Crippen LogP contribution is 2.32. The van der Waals surface area contributed by atoms with Gasteiger partial charge in [-0.2, -0.15) is 0 Å². The summed E-state index contributed by atoms with van der Waals surface area (Å²) in [6.45, 7) is 1.62. The van der Waals surface area contributed by atoms with Crippen LogP contribution in [0.5, 0.6) is 5.75 Å². The van der Waals surface area contributed by atoms with Crippen molar-refractivity contribution in [2.75, 3.05) is 18.0 Å². The standard InChI is InChI=1S/C28H31ClN2O4S/c1-3-26(22-14-13-20-9-7-8-10-21(20)17-22)30-28(32)19-31(23-15-16-27(35-2)25(29)18-23)36(33,34)24-11-5-4-6-12-24/h4-6,11-18,26H,3,7-10,19H2,1-2H3,(H,30,32)/t26-/m1/s1. The van der Waals surface area contributed by atoms with Gasteiger partial charge in [-0.1, -0.05) is 54.9 Å². The summed E-state index contributed by atoms with van der Waals surface area (Å²) in [4.78, 5) is 13.4. The van der Waals surface area contributed by atoms with Crippen LogP contribution in [0.25, 0.3) is 0 Å². The molecular formula is C28H31ClN2O4S. The average molecular weight is 527 g/mol. The van der Waals surface area contributed by atoms with Gasteiger partial charge in [-0.15, -0.1) is 0 Å². The molecule has 0 spiro atoms. The number of benzene rings is 3. The van der Waals surface area contributed by atoms with Crippen molar-refractivity contribution >= 4 is 33.2 Å². The largest absolute Gasteiger partial charge is 0.495 e. The van der Waals surface area contributed by atoms with E-state index in [2.05, 4.69) is 23.5 Å². The molecule has 1 amide bonds. The molecule has 0 saturated heterocycles. The molecule has 1 aliphatic rings. The fourth-order valence-corrected chi connectivity index (χ4v) is 6.29. The number of nitrogens with one attached hydrogen (secondary N) is 1. The maximum Gasteiger partial charge on any atom is 0.264 e. The molecule has 0 radical (unpaired) electrons. The Labute approximate surface area is 218 Å². The van der Waals surface area contributed by atoms with Crippen molar-refractivity contribution in [3.05, 3.63) is 88.4 Å². The van der Waals surface area contributed by atoms with E-state index in [0.717, 1.165) is 22.7 Å². The number of nitrogens with zero attached hydrogens (tertiary/aromatic N) is 1. The third-order valence-corrected chi connectivity index (χ3v) is 8.64. The smallest absolute Gasteiger partial charge is 0.264 e. The maximum absolute atomic E-state index is 13.6. The van der Waals surface area contributed by atoms with Crippen molar-refractivity contribution in [3.8, 4) is 5.75 Å². The summed E-state index contributed by atoms with van der Waals surface area (Å²) in [5.41, 5.74) is 4.04. The van der Waals surface area contributed by atoms with Crippen molar-refractivity contribution in [3.63, 3.8) is 0 Å². The Bertz CT molecular complexity index is 1330. The highest BCUT2D eigenvalue weighted by molar-refractivity contribution is 7.92. The summed E-state index contributed by atoms with van der Waals surface area (Å²) in [7, 11) is -2.55. The molecule has 0 unspecified atom stereocenters. The lowest BCUT2D eigenvalue weighted by Gasteiger charge is -2.26. The molecule has 0 heterocycles. The van der Waals surface area contributed by atoms with Crippen LogP contribution < -0.4 is 14.4 Å². The van der Waals surface area contributed by atoms with Gasteiger partial charge in [0.05, 0.1) is 28.8 Å². The third kappa shape index (κ3) is 5.68. The summed E-state index contributed by atoms with van der Waals surface area (Å²) < 4.78 is 33.5. The SMILES string of the molecule is CC[C@@H](NC(=O)CN(c1ccc(OC)c(Cl)c1)S(=O)(=O)c1ccccc1)c1ccc2c(c1)CCCC2. The zero-order valence-corrected chi connectivity index (χ0v) is 22.1. The number of ether oxygens (including phenoxy) is 1. The first-order valence-electron chi connectivity index (χ1n) is 12.2. The molecule has 1 N–H and O–H groups in total. The predicted molar refractivity (Wildman–Crippen MR) is 143 cm³/mol. The number of methoxy groups -OCH3 is 1. The second kappa shape index (κ2) is 11.4. The Kier molecular flexibility index (Phi) is 8.21. The predicted octanol–water partition coefficient (Wildman–Crippen LogP) is 5.69. The Morgan fingerprint density at radius 2 is 1.75 bits per heavy atom. The van der Waals surface area contributed by atoms with Crippen LogP contribution in [0.1, 0.15) is 48.9 Å². The first-order chi connectivity index (χ1) is 17.3. The summed E-state index contributed by atoms with van der Waals surface area (Å²) in [6, 6.07) is 18.9. The number of sulfonamides is 1. The number of hydrogen-bond acceptors (Lipinski definition) is 4. The van der Waals surface area contributed by atoms with Crippen molar-refractivity contribution < 1.29 is 17.9 Å². The monoisotopic (exact) mass is 526 g/mol. The van der Waals surface area contributed by atoms with Crippen LogP contribution in [-0.4, -0.2) is 28.0 Å². The van der Waals surface area contributed by atoms with E-state index in [1.165, 1.54) is 49.3 Å². The van der Waals surface area contributed by atoms with E-state index in [0.29, 0.717) is 12.2 Å². The quantitative estimate of drug-likeness (QED) is 0.388. The molecule has 4 rings (SSSR count). The number of carbonyl (C=O) groups is 1. The zero-order chi connectivity index (χ0) is 25.7. The Hall–Kier alpha value is -3.03. The second-order valence-corrected chi connectivity index (χ2v) is 11.2. The first kappa shape index (κ1) is 26.0. The van der Waals surface area contributed by atoms with Crippen molar-refractivity contribution in [2.24, 2.45) is 0 Å². The van der Waals surface area contributed by atoms with Gasteiger partial charge in [-0.25, -0.2) is 8.42 Å². The van der Waals surface area contributed by atoms with Crippen LogP contribution in [0.15, 0.2) is 71.6 Å². The number of carbonyl (C=O) groups excluding carboxylic acids is 1. The topological polar surface area (TPSA) is 75.7 Å². The van der Waals surface area contributed by atoms with Gasteiger partial charge in [0, 0.05) is 0 Å². The number of halogens is 1. The average Bonchev–Trinajstić information content (AvgIpc) is 2.90. The highest BCUT2D eigenvalue weighted by Gasteiger charge is 2.28. The van der Waals surface area contributed by atoms with Gasteiger partial charge in [0.1, 0.15) is 12.3 Å². The minimum absolute atomic E-state index is 0.0893. The Balaban J connectivity index is 1.61. The van der Waals surface area contributed by atoms with Gasteiger partial charge in [0.2, 0.25) is 5.91 Å². The van der Waals surface area contributed by atoms with E-state index in [9.17, 15) is 13.2 Å². The van der Waals surface area contributed by atoms with Crippen LogP contribution in [0.3, 0.4) is 0 Å². The van der Waals surface area contributed by atoms with Crippen LogP contribution >= 0.6 is 11.6 Å². The first-order valence-corrected chi connectivity index (χ1v) is 14.0. The lowest BCUT2D eigenvalue weighted by Crippen LogP contribution is -2.42. The van der Waals surface area contributed by atoms with Crippen LogP contribution in [0.4, 0.5) is 5.69 Å². The molecule has 0 fully saturated rings. The molecular weight excluding hydrogens is 496 g/mol. The van der Waals surface area contributed by atoms with Gasteiger partial charge in [-0.05, 0) is 79.1 Å². The molecule has 0 saturated carbocycles. The molecule has 8 heteroatoms. The van der Waals surface area contributed by atoms with Crippen molar-refractivity contribution in [2.45, 2.75) is 50.0 Å². The number of fused-ring (bicyclic) bond motifs is 1. The second-order valence-electron chi connectivity index (χ2n) is 8.91. The van der Waals surface area contributed by atoms with E-state index in [-0.39, 0.29) is 28.2 Å². The number of amides is 1. The minimum atomic E-state index is -4.03. The van der Waals surface area contributed by atoms with Crippen molar-refractivity contribution in [1.82, 2.24) is 5.32 Å². The summed E-state index contributed by atoms with van der Waals surface area (Å²) >= 11 is 6.30. The summed E-state index contributed by atoms with van der Waals surface area (Å²) in [5, 5.41) is 3.30. The summed E-state index contributed by atoms with van der Waals surface area (Å²) in [5.74, 6) is 0.0198. The Morgan fingerprint density at radius 1 is 1.03 bits per heavy atom. The van der Waals surface area contributed by atoms with Gasteiger partial charge in [0.15, 0.2) is 0 Å². The third-order valence-electron chi connectivity index (χ3n) is 6.56. The van der Waals surface area contributed by atoms with E-state index >= 15 is 0 Å². The molecule has 1 atom stereocenters. The number of anilines is 1. The number of hydrogen-bond donors (Lipinski definition) is 1.